The van der Waals surface area contributed by atoms with E-state index in [9.17, 15) is 14.7 Å². The van der Waals surface area contributed by atoms with Crippen molar-refractivity contribution in [1.82, 2.24) is 10.2 Å². The van der Waals surface area contributed by atoms with Crippen LogP contribution in [0.1, 0.15) is 37.6 Å². The molecule has 1 aromatic heterocycles. The second kappa shape index (κ2) is 6.23. The minimum Gasteiger partial charge on any atom is -0.481 e. The predicted octanol–water partition coefficient (Wildman–Crippen LogP) is 3.36. The fourth-order valence-corrected chi connectivity index (χ4v) is 3.56. The van der Waals surface area contributed by atoms with Gasteiger partial charge in [0.15, 0.2) is 0 Å². The van der Waals surface area contributed by atoms with Crippen LogP contribution in [0.4, 0.5) is 4.79 Å². The minimum atomic E-state index is -0.856. The van der Waals surface area contributed by atoms with Crippen LogP contribution >= 0.6 is 22.9 Å². The summed E-state index contributed by atoms with van der Waals surface area (Å²) < 4.78 is 0.683. The zero-order chi connectivity index (χ0) is 15.6. The Morgan fingerprint density at radius 1 is 1.52 bits per heavy atom. The molecule has 7 heteroatoms. The van der Waals surface area contributed by atoms with Crippen molar-refractivity contribution >= 4 is 34.9 Å². The Kier molecular flexibility index (Phi) is 4.78. The summed E-state index contributed by atoms with van der Waals surface area (Å²) >= 11 is 7.32. The number of carbonyl (C=O) groups is 2. The molecule has 1 aliphatic rings. The molecule has 2 amide bonds. The lowest BCUT2D eigenvalue weighted by Crippen LogP contribution is -2.51. The second-order valence-corrected chi connectivity index (χ2v) is 7.45. The van der Waals surface area contributed by atoms with Gasteiger partial charge in [0.05, 0.1) is 15.8 Å². The molecule has 1 aliphatic heterocycles. The van der Waals surface area contributed by atoms with Gasteiger partial charge in [-0.15, -0.1) is 11.3 Å². The topological polar surface area (TPSA) is 69.6 Å². The third-order valence-electron chi connectivity index (χ3n) is 3.86. The molecule has 1 aromatic rings. The van der Waals surface area contributed by atoms with Gasteiger partial charge in [-0.25, -0.2) is 4.79 Å². The molecule has 1 saturated heterocycles. The van der Waals surface area contributed by atoms with E-state index in [1.807, 2.05) is 13.0 Å². The molecule has 0 radical (unpaired) electrons. The van der Waals surface area contributed by atoms with E-state index in [0.29, 0.717) is 23.7 Å². The number of halogens is 1. The monoisotopic (exact) mass is 330 g/mol. The van der Waals surface area contributed by atoms with Crippen LogP contribution in [-0.2, 0) is 4.79 Å². The van der Waals surface area contributed by atoms with Gasteiger partial charge in [-0.3, -0.25) is 4.79 Å². The first-order valence-electron chi connectivity index (χ1n) is 6.86. The quantitative estimate of drug-likeness (QED) is 0.892. The fourth-order valence-electron chi connectivity index (χ4n) is 2.50. The number of likely N-dealkylation sites (tertiary alicyclic amines) is 1. The first-order chi connectivity index (χ1) is 9.82. The molecular weight excluding hydrogens is 312 g/mol. The molecule has 2 unspecified atom stereocenters. The summed E-state index contributed by atoms with van der Waals surface area (Å²) in [5.74, 6) is -0.849. The number of nitrogens with one attached hydrogen (secondary N) is 1. The highest BCUT2D eigenvalue weighted by Crippen LogP contribution is 2.30. The fraction of sp³-hybridized carbons (Fsp3) is 0.571. The van der Waals surface area contributed by atoms with Gasteiger partial charge >= 0.3 is 12.0 Å². The molecule has 2 rings (SSSR count). The number of aliphatic carboxylic acids is 1. The van der Waals surface area contributed by atoms with Crippen molar-refractivity contribution in [3.8, 4) is 0 Å². The lowest BCUT2D eigenvalue weighted by Gasteiger charge is -2.37. The average Bonchev–Trinajstić information content (AvgIpc) is 2.85. The smallest absolute Gasteiger partial charge is 0.317 e. The molecule has 2 heterocycles. The van der Waals surface area contributed by atoms with Crippen molar-refractivity contribution in [1.29, 1.82) is 0 Å². The Labute approximate surface area is 132 Å². The molecule has 21 heavy (non-hydrogen) atoms. The third kappa shape index (κ3) is 3.68. The SMILES string of the molecule is CC(NC(=O)N1CCCC(C)(C(=O)O)C1)c1ccc(Cl)s1. The Bertz CT molecular complexity index is 548. The molecule has 5 nitrogen and oxygen atoms in total. The summed E-state index contributed by atoms with van der Waals surface area (Å²) in [4.78, 5) is 26.2. The van der Waals surface area contributed by atoms with Crippen LogP contribution in [-0.4, -0.2) is 35.1 Å². The van der Waals surface area contributed by atoms with Gasteiger partial charge in [-0.2, -0.15) is 0 Å². The summed E-state index contributed by atoms with van der Waals surface area (Å²) in [6, 6.07) is 3.31. The molecular formula is C14H19ClN2O3S. The summed E-state index contributed by atoms with van der Waals surface area (Å²) in [6.45, 7) is 4.41. The van der Waals surface area contributed by atoms with Crippen LogP contribution in [0.15, 0.2) is 12.1 Å². The van der Waals surface area contributed by atoms with Gasteiger partial charge in [0.1, 0.15) is 0 Å². The van der Waals surface area contributed by atoms with E-state index in [2.05, 4.69) is 5.32 Å². The van der Waals surface area contributed by atoms with Crippen LogP contribution in [0.5, 0.6) is 0 Å². The van der Waals surface area contributed by atoms with Crippen molar-refractivity contribution in [3.05, 3.63) is 21.3 Å². The van der Waals surface area contributed by atoms with Crippen molar-refractivity contribution < 1.29 is 14.7 Å². The number of nitrogens with zero attached hydrogens (tertiary/aromatic N) is 1. The molecule has 116 valence electrons. The van der Waals surface area contributed by atoms with Gasteiger partial charge in [0.25, 0.3) is 0 Å². The Hall–Kier alpha value is -1.27. The number of carboxylic acid groups (broad SMARTS) is 1. The summed E-state index contributed by atoms with van der Waals surface area (Å²) in [5, 5.41) is 12.2. The van der Waals surface area contributed by atoms with Crippen LogP contribution in [0.2, 0.25) is 4.34 Å². The van der Waals surface area contributed by atoms with Crippen LogP contribution in [0.25, 0.3) is 0 Å². The maximum absolute atomic E-state index is 12.3. The number of rotatable bonds is 3. The van der Waals surface area contributed by atoms with Crippen molar-refractivity contribution in [2.75, 3.05) is 13.1 Å². The molecule has 0 aliphatic carbocycles. The van der Waals surface area contributed by atoms with E-state index >= 15 is 0 Å². The van der Waals surface area contributed by atoms with E-state index in [0.717, 1.165) is 4.88 Å². The van der Waals surface area contributed by atoms with Crippen LogP contribution in [0, 0.1) is 5.41 Å². The van der Waals surface area contributed by atoms with E-state index in [1.165, 1.54) is 11.3 Å². The zero-order valence-electron chi connectivity index (χ0n) is 12.1. The summed E-state index contributed by atoms with van der Waals surface area (Å²) in [6.07, 6.45) is 1.30. The van der Waals surface area contributed by atoms with Gasteiger partial charge in [-0.05, 0) is 38.8 Å². The second-order valence-electron chi connectivity index (χ2n) is 5.70. The molecule has 0 spiro atoms. The highest BCUT2D eigenvalue weighted by molar-refractivity contribution is 7.16. The highest BCUT2D eigenvalue weighted by Gasteiger charge is 2.39. The standard InChI is InChI=1S/C14H19ClN2O3S/c1-9(10-4-5-11(15)21-10)16-13(20)17-7-3-6-14(2,8-17)12(18)19/h4-5,9H,3,6-8H2,1-2H3,(H,16,20)(H,18,19). The molecule has 1 fully saturated rings. The third-order valence-corrected chi connectivity index (χ3v) is 5.27. The Morgan fingerprint density at radius 3 is 2.81 bits per heavy atom. The maximum atomic E-state index is 12.3. The predicted molar refractivity (Wildman–Crippen MR) is 82.8 cm³/mol. The van der Waals surface area contributed by atoms with Crippen LogP contribution < -0.4 is 5.32 Å². The van der Waals surface area contributed by atoms with Gasteiger partial charge in [0, 0.05) is 18.0 Å². The number of carbonyl (C=O) groups excluding carboxylic acids is 1. The molecule has 0 bridgehead atoms. The number of piperidine rings is 1. The van der Waals surface area contributed by atoms with Gasteiger partial charge < -0.3 is 15.3 Å². The average molecular weight is 331 g/mol. The Morgan fingerprint density at radius 2 is 2.24 bits per heavy atom. The van der Waals surface area contributed by atoms with Gasteiger partial charge in [0.2, 0.25) is 0 Å². The lowest BCUT2D eigenvalue weighted by molar-refractivity contribution is -0.150. The zero-order valence-corrected chi connectivity index (χ0v) is 13.6. The number of carboxylic acids is 1. The van der Waals surface area contributed by atoms with E-state index < -0.39 is 11.4 Å². The maximum Gasteiger partial charge on any atom is 0.317 e. The number of urea groups is 1. The van der Waals surface area contributed by atoms with E-state index in [1.54, 1.807) is 17.9 Å². The Balaban J connectivity index is 1.98. The number of hydrogen-bond donors (Lipinski definition) is 2. The molecule has 2 atom stereocenters. The van der Waals surface area contributed by atoms with E-state index in [-0.39, 0.29) is 18.6 Å². The van der Waals surface area contributed by atoms with Crippen molar-refractivity contribution in [2.45, 2.75) is 32.7 Å². The largest absolute Gasteiger partial charge is 0.481 e. The molecule has 0 saturated carbocycles. The van der Waals surface area contributed by atoms with Crippen molar-refractivity contribution in [2.24, 2.45) is 5.41 Å². The first-order valence-corrected chi connectivity index (χ1v) is 8.05. The minimum absolute atomic E-state index is 0.145. The molecule has 0 aromatic carbocycles. The normalized spacial score (nSPS) is 23.7. The number of thiophene rings is 1. The van der Waals surface area contributed by atoms with E-state index in [4.69, 9.17) is 11.6 Å². The summed E-state index contributed by atoms with van der Waals surface area (Å²) in [5.41, 5.74) is -0.856. The van der Waals surface area contributed by atoms with Crippen LogP contribution in [0.3, 0.4) is 0 Å². The number of amides is 2. The number of hydrogen-bond acceptors (Lipinski definition) is 3. The highest BCUT2D eigenvalue weighted by atomic mass is 35.5. The lowest BCUT2D eigenvalue weighted by atomic mass is 9.82. The first kappa shape index (κ1) is 16.1. The summed E-state index contributed by atoms with van der Waals surface area (Å²) in [7, 11) is 0. The van der Waals surface area contributed by atoms with Gasteiger partial charge in [-0.1, -0.05) is 11.6 Å². The van der Waals surface area contributed by atoms with Crippen molar-refractivity contribution in [3.63, 3.8) is 0 Å². The molecule has 2 N–H and O–H groups in total.